The molecule has 3 N–H and O–H groups in total. The van der Waals surface area contributed by atoms with Crippen LogP contribution in [0.4, 0.5) is 5.69 Å². The molecule has 6 heteroatoms. The van der Waals surface area contributed by atoms with Crippen molar-refractivity contribution in [1.29, 1.82) is 0 Å². The molecule has 0 aliphatic rings. The van der Waals surface area contributed by atoms with E-state index in [0.29, 0.717) is 17.0 Å². The summed E-state index contributed by atoms with van der Waals surface area (Å²) in [5.41, 5.74) is 0.848. The van der Waals surface area contributed by atoms with Gasteiger partial charge in [-0.2, -0.15) is 0 Å². The maximum Gasteiger partial charge on any atom is 0.257 e. The number of ether oxygens (including phenoxy) is 1. The largest absolute Gasteiger partial charge is 0.506 e. The highest BCUT2D eigenvalue weighted by Gasteiger charge is 2.10. The lowest BCUT2D eigenvalue weighted by atomic mass is 10.1. The number of nitrogens with one attached hydrogen (secondary N) is 2. The van der Waals surface area contributed by atoms with Crippen molar-refractivity contribution in [3.05, 3.63) is 66.2 Å². The Bertz CT molecular complexity index is 956. The van der Waals surface area contributed by atoms with Crippen LogP contribution in [0, 0.1) is 0 Å². The van der Waals surface area contributed by atoms with Crippen molar-refractivity contribution in [3.63, 3.8) is 0 Å². The number of rotatable bonds is 3. The smallest absolute Gasteiger partial charge is 0.257 e. The summed E-state index contributed by atoms with van der Waals surface area (Å²) in [7, 11) is 1.52. The molecule has 1 amide bonds. The first-order chi connectivity index (χ1) is 12.1. The van der Waals surface area contributed by atoms with Crippen molar-refractivity contribution in [2.45, 2.75) is 0 Å². The van der Waals surface area contributed by atoms with E-state index >= 15 is 0 Å². The molecule has 0 spiro atoms. The number of carbonyl (C=O) groups is 1. The Morgan fingerprint density at radius 1 is 1.04 bits per heavy atom. The van der Waals surface area contributed by atoms with Crippen LogP contribution in [0.15, 0.2) is 60.7 Å². The number of hydrogen-bond acceptors (Lipinski definition) is 4. The molecule has 0 aliphatic heterocycles. The standard InChI is InChI=1S/C19H16N2O3S/c1-24-15-8-9-17(22)16(11-15)20-19(25)21-18(23)14-7-6-12-4-2-3-5-13(12)10-14/h2-11,22H,1H3,(H2,20,21,23,25). The zero-order valence-electron chi connectivity index (χ0n) is 13.4. The van der Waals surface area contributed by atoms with Crippen molar-refractivity contribution in [3.8, 4) is 11.5 Å². The van der Waals surface area contributed by atoms with Crippen LogP contribution < -0.4 is 15.4 Å². The first-order valence-electron chi connectivity index (χ1n) is 7.55. The molecule has 0 atom stereocenters. The summed E-state index contributed by atoms with van der Waals surface area (Å²) in [6, 6.07) is 17.9. The normalized spacial score (nSPS) is 10.3. The number of methoxy groups -OCH3 is 1. The van der Waals surface area contributed by atoms with Gasteiger partial charge in [0.05, 0.1) is 12.8 Å². The van der Waals surface area contributed by atoms with Gasteiger partial charge in [-0.25, -0.2) is 0 Å². The number of carbonyl (C=O) groups excluding carboxylic acids is 1. The van der Waals surface area contributed by atoms with E-state index in [4.69, 9.17) is 17.0 Å². The van der Waals surface area contributed by atoms with Gasteiger partial charge in [-0.15, -0.1) is 0 Å². The highest BCUT2D eigenvalue weighted by atomic mass is 32.1. The van der Waals surface area contributed by atoms with E-state index < -0.39 is 0 Å². The Hall–Kier alpha value is -3.12. The molecule has 3 rings (SSSR count). The number of anilines is 1. The van der Waals surface area contributed by atoms with Gasteiger partial charge in [-0.1, -0.05) is 30.3 Å². The molecule has 0 unspecified atom stereocenters. The predicted molar refractivity (Wildman–Crippen MR) is 102 cm³/mol. The first kappa shape index (κ1) is 16.7. The Morgan fingerprint density at radius 3 is 2.56 bits per heavy atom. The number of aromatic hydroxyl groups is 1. The summed E-state index contributed by atoms with van der Waals surface area (Å²) < 4.78 is 5.10. The first-order valence-corrected chi connectivity index (χ1v) is 7.96. The summed E-state index contributed by atoms with van der Waals surface area (Å²) >= 11 is 5.15. The van der Waals surface area contributed by atoms with Crippen molar-refractivity contribution >= 4 is 39.7 Å². The van der Waals surface area contributed by atoms with Crippen LogP contribution in [0.3, 0.4) is 0 Å². The molecule has 0 radical (unpaired) electrons. The van der Waals surface area contributed by atoms with E-state index in [1.807, 2.05) is 30.3 Å². The number of benzene rings is 3. The highest BCUT2D eigenvalue weighted by molar-refractivity contribution is 7.80. The number of hydrogen-bond donors (Lipinski definition) is 3. The Morgan fingerprint density at radius 2 is 1.80 bits per heavy atom. The van der Waals surface area contributed by atoms with E-state index in [1.165, 1.54) is 13.2 Å². The second-order valence-electron chi connectivity index (χ2n) is 5.35. The van der Waals surface area contributed by atoms with Gasteiger partial charge in [0.2, 0.25) is 0 Å². The van der Waals surface area contributed by atoms with Crippen LogP contribution in [-0.4, -0.2) is 23.2 Å². The third-order valence-electron chi connectivity index (χ3n) is 3.69. The Labute approximate surface area is 150 Å². The second kappa shape index (κ2) is 7.19. The quantitative estimate of drug-likeness (QED) is 0.495. The predicted octanol–water partition coefficient (Wildman–Crippen LogP) is 3.68. The molecule has 0 fully saturated rings. The van der Waals surface area contributed by atoms with Gasteiger partial charge in [0.15, 0.2) is 5.11 Å². The van der Waals surface area contributed by atoms with E-state index in [9.17, 15) is 9.90 Å². The molecule has 3 aromatic rings. The van der Waals surface area contributed by atoms with Gasteiger partial charge in [0, 0.05) is 11.6 Å². The van der Waals surface area contributed by atoms with Crippen molar-refractivity contribution < 1.29 is 14.6 Å². The minimum absolute atomic E-state index is 0.00287. The maximum atomic E-state index is 12.4. The minimum Gasteiger partial charge on any atom is -0.506 e. The fourth-order valence-electron chi connectivity index (χ4n) is 2.40. The third kappa shape index (κ3) is 3.87. The molecule has 126 valence electrons. The number of thiocarbonyl (C=S) groups is 1. The van der Waals surface area contributed by atoms with Gasteiger partial charge in [0.25, 0.3) is 5.91 Å². The van der Waals surface area contributed by atoms with Gasteiger partial charge in [0.1, 0.15) is 11.5 Å². The van der Waals surface area contributed by atoms with Crippen LogP contribution >= 0.6 is 12.2 Å². The van der Waals surface area contributed by atoms with E-state index in [-0.39, 0.29) is 16.8 Å². The SMILES string of the molecule is COc1ccc(O)c(NC(=S)NC(=O)c2ccc3ccccc3c2)c1. The monoisotopic (exact) mass is 352 g/mol. The lowest BCUT2D eigenvalue weighted by Gasteiger charge is -2.12. The molecule has 0 saturated heterocycles. The molecule has 3 aromatic carbocycles. The van der Waals surface area contributed by atoms with Gasteiger partial charge in [-0.05, 0) is 47.3 Å². The number of phenols is 1. The van der Waals surface area contributed by atoms with Crippen molar-refractivity contribution in [1.82, 2.24) is 5.32 Å². The van der Waals surface area contributed by atoms with Crippen LogP contribution in [0.1, 0.15) is 10.4 Å². The molecule has 0 saturated carbocycles. The Kier molecular flexibility index (Phi) is 4.81. The summed E-state index contributed by atoms with van der Waals surface area (Å²) in [4.78, 5) is 12.4. The summed E-state index contributed by atoms with van der Waals surface area (Å²) in [6.07, 6.45) is 0. The summed E-state index contributed by atoms with van der Waals surface area (Å²) in [5, 5.41) is 17.4. The minimum atomic E-state index is -0.328. The molecular formula is C19H16N2O3S. The molecule has 0 bridgehead atoms. The van der Waals surface area contributed by atoms with Crippen LogP contribution in [0.5, 0.6) is 11.5 Å². The lowest BCUT2D eigenvalue weighted by molar-refractivity contribution is 0.0978. The number of phenolic OH excluding ortho intramolecular Hbond substituents is 1. The fraction of sp³-hybridized carbons (Fsp3) is 0.0526. The zero-order chi connectivity index (χ0) is 17.8. The van der Waals surface area contributed by atoms with Crippen molar-refractivity contribution in [2.75, 3.05) is 12.4 Å². The topological polar surface area (TPSA) is 70.6 Å². The number of amides is 1. The van der Waals surface area contributed by atoms with Gasteiger partial charge < -0.3 is 15.2 Å². The van der Waals surface area contributed by atoms with E-state index in [0.717, 1.165) is 10.8 Å². The Balaban J connectivity index is 1.72. The van der Waals surface area contributed by atoms with Crippen LogP contribution in [0.2, 0.25) is 0 Å². The van der Waals surface area contributed by atoms with Gasteiger partial charge >= 0.3 is 0 Å². The van der Waals surface area contributed by atoms with Crippen LogP contribution in [-0.2, 0) is 0 Å². The average Bonchev–Trinajstić information content (AvgIpc) is 2.63. The molecule has 5 nitrogen and oxygen atoms in total. The van der Waals surface area contributed by atoms with E-state index in [2.05, 4.69) is 10.6 Å². The second-order valence-corrected chi connectivity index (χ2v) is 5.76. The molecule has 0 heterocycles. The average molecular weight is 352 g/mol. The van der Waals surface area contributed by atoms with Crippen LogP contribution in [0.25, 0.3) is 10.8 Å². The molecule has 0 aliphatic carbocycles. The number of fused-ring (bicyclic) bond motifs is 1. The summed E-state index contributed by atoms with van der Waals surface area (Å²) in [6.45, 7) is 0. The van der Waals surface area contributed by atoms with E-state index in [1.54, 1.807) is 24.3 Å². The molecule has 0 aromatic heterocycles. The zero-order valence-corrected chi connectivity index (χ0v) is 14.3. The molecular weight excluding hydrogens is 336 g/mol. The third-order valence-corrected chi connectivity index (χ3v) is 3.89. The lowest BCUT2D eigenvalue weighted by Crippen LogP contribution is -2.34. The maximum absolute atomic E-state index is 12.4. The van der Waals surface area contributed by atoms with Gasteiger partial charge in [-0.3, -0.25) is 10.1 Å². The highest BCUT2D eigenvalue weighted by Crippen LogP contribution is 2.27. The summed E-state index contributed by atoms with van der Waals surface area (Å²) in [5.74, 6) is 0.234. The fourth-order valence-corrected chi connectivity index (χ4v) is 2.60. The molecule has 25 heavy (non-hydrogen) atoms. The van der Waals surface area contributed by atoms with Crippen molar-refractivity contribution in [2.24, 2.45) is 0 Å².